The minimum absolute atomic E-state index is 0.163. The molecule has 0 saturated heterocycles. The minimum Gasteiger partial charge on any atom is -0.478 e. The van der Waals surface area contributed by atoms with Gasteiger partial charge in [0.2, 0.25) is 5.95 Å². The van der Waals surface area contributed by atoms with Gasteiger partial charge in [0.15, 0.2) is 5.03 Å². The third-order valence-corrected chi connectivity index (χ3v) is 3.19. The second-order valence-electron chi connectivity index (χ2n) is 3.10. The molecule has 0 bridgehead atoms. The molecule has 0 aromatic carbocycles. The Bertz CT molecular complexity index is 666. The fourth-order valence-electron chi connectivity index (χ4n) is 1.15. The number of aromatic carboxylic acids is 1. The molecule has 2 aromatic heterocycles. The largest absolute Gasteiger partial charge is 0.478 e. The summed E-state index contributed by atoms with van der Waals surface area (Å²) < 4.78 is 25.8. The lowest BCUT2D eigenvalue weighted by molar-refractivity contribution is 0.0692. The van der Waals surface area contributed by atoms with Crippen LogP contribution in [0.1, 0.15) is 10.4 Å². The van der Waals surface area contributed by atoms with Gasteiger partial charge in [0.1, 0.15) is 5.56 Å². The van der Waals surface area contributed by atoms with E-state index in [0.717, 1.165) is 6.20 Å². The molecule has 0 saturated carbocycles. The lowest BCUT2D eigenvalue weighted by Gasteiger charge is -2.04. The molecule has 0 amide bonds. The Morgan fingerprint density at radius 3 is 2.61 bits per heavy atom. The molecule has 3 N–H and O–H groups in total. The van der Waals surface area contributed by atoms with Crippen LogP contribution in [0.4, 0.5) is 5.95 Å². The van der Waals surface area contributed by atoms with E-state index in [-0.39, 0.29) is 5.95 Å². The first-order valence-corrected chi connectivity index (χ1v) is 6.05. The van der Waals surface area contributed by atoms with E-state index < -0.39 is 26.6 Å². The number of sulfonamides is 1. The van der Waals surface area contributed by atoms with Gasteiger partial charge in [-0.3, -0.25) is 5.10 Å². The van der Waals surface area contributed by atoms with Gasteiger partial charge in [-0.05, 0) is 6.07 Å². The van der Waals surface area contributed by atoms with Crippen LogP contribution in [0.15, 0.2) is 29.7 Å². The molecular formula is C8H7N5O4S. The van der Waals surface area contributed by atoms with Crippen molar-refractivity contribution in [3.05, 3.63) is 30.2 Å². The van der Waals surface area contributed by atoms with Crippen molar-refractivity contribution in [3.8, 4) is 0 Å². The van der Waals surface area contributed by atoms with Crippen LogP contribution in [0.25, 0.3) is 0 Å². The zero-order chi connectivity index (χ0) is 13.2. The van der Waals surface area contributed by atoms with Crippen molar-refractivity contribution in [1.82, 2.24) is 20.2 Å². The molecule has 94 valence electrons. The van der Waals surface area contributed by atoms with Crippen LogP contribution < -0.4 is 4.72 Å². The quantitative estimate of drug-likeness (QED) is 0.692. The SMILES string of the molecule is O=C(O)c1cn[nH]c1S(=O)(=O)Nc1ncccn1. The van der Waals surface area contributed by atoms with Crippen molar-refractivity contribution in [1.29, 1.82) is 0 Å². The molecule has 0 unspecified atom stereocenters. The smallest absolute Gasteiger partial charge is 0.340 e. The minimum atomic E-state index is -4.12. The molecule has 2 heterocycles. The molecule has 9 nitrogen and oxygen atoms in total. The highest BCUT2D eigenvalue weighted by Gasteiger charge is 2.25. The predicted molar refractivity (Wildman–Crippen MR) is 58.4 cm³/mol. The number of carboxylic acid groups (broad SMARTS) is 1. The molecule has 0 spiro atoms. The maximum Gasteiger partial charge on any atom is 0.340 e. The molecule has 0 aliphatic carbocycles. The van der Waals surface area contributed by atoms with E-state index in [0.29, 0.717) is 0 Å². The van der Waals surface area contributed by atoms with Crippen molar-refractivity contribution < 1.29 is 18.3 Å². The van der Waals surface area contributed by atoms with Crippen LogP contribution in [0.5, 0.6) is 0 Å². The van der Waals surface area contributed by atoms with Crippen molar-refractivity contribution >= 4 is 21.9 Å². The number of hydrogen-bond donors (Lipinski definition) is 3. The molecule has 2 rings (SSSR count). The van der Waals surface area contributed by atoms with Gasteiger partial charge < -0.3 is 5.11 Å². The number of anilines is 1. The van der Waals surface area contributed by atoms with Crippen LogP contribution in [0, 0.1) is 0 Å². The van der Waals surface area contributed by atoms with E-state index in [2.05, 4.69) is 20.2 Å². The Hall–Kier alpha value is -2.49. The van der Waals surface area contributed by atoms with E-state index in [1.807, 2.05) is 4.72 Å². The van der Waals surface area contributed by atoms with E-state index in [9.17, 15) is 13.2 Å². The predicted octanol–water partition coefficient (Wildman–Crippen LogP) is -0.301. The number of aromatic nitrogens is 4. The monoisotopic (exact) mass is 269 g/mol. The van der Waals surface area contributed by atoms with Crippen molar-refractivity contribution in [2.24, 2.45) is 0 Å². The van der Waals surface area contributed by atoms with E-state index in [1.165, 1.54) is 18.5 Å². The van der Waals surface area contributed by atoms with Crippen LogP contribution in [-0.2, 0) is 10.0 Å². The first-order chi connectivity index (χ1) is 8.50. The third kappa shape index (κ3) is 2.27. The Kier molecular flexibility index (Phi) is 2.93. The molecule has 2 aromatic rings. The van der Waals surface area contributed by atoms with Gasteiger partial charge >= 0.3 is 5.97 Å². The standard InChI is InChI=1S/C8H7N5O4S/c14-7(15)5-4-11-12-6(5)18(16,17)13-8-9-2-1-3-10-8/h1-4H,(H,11,12)(H,14,15)(H,9,10,13). The van der Waals surface area contributed by atoms with Gasteiger partial charge in [-0.2, -0.15) is 13.5 Å². The Morgan fingerprint density at radius 1 is 1.33 bits per heavy atom. The number of aromatic amines is 1. The third-order valence-electron chi connectivity index (χ3n) is 1.89. The molecule has 0 radical (unpaired) electrons. The van der Waals surface area contributed by atoms with Gasteiger partial charge in [-0.25, -0.2) is 19.5 Å². The fraction of sp³-hybridized carbons (Fsp3) is 0. The summed E-state index contributed by atoms with van der Waals surface area (Å²) in [7, 11) is -4.12. The zero-order valence-corrected chi connectivity index (χ0v) is 9.55. The topological polar surface area (TPSA) is 138 Å². The summed E-state index contributed by atoms with van der Waals surface area (Å²) in [6, 6.07) is 1.51. The van der Waals surface area contributed by atoms with Gasteiger partial charge in [0.05, 0.1) is 6.20 Å². The zero-order valence-electron chi connectivity index (χ0n) is 8.73. The number of nitrogens with one attached hydrogen (secondary N) is 2. The second kappa shape index (κ2) is 4.41. The number of carbonyl (C=O) groups is 1. The average molecular weight is 269 g/mol. The van der Waals surface area contributed by atoms with Crippen LogP contribution in [-0.4, -0.2) is 39.7 Å². The molecule has 0 atom stereocenters. The first kappa shape index (κ1) is 12.0. The van der Waals surface area contributed by atoms with Crippen LogP contribution in [0.3, 0.4) is 0 Å². The highest BCUT2D eigenvalue weighted by Crippen LogP contribution is 2.14. The molecule has 18 heavy (non-hydrogen) atoms. The summed E-state index contributed by atoms with van der Waals surface area (Å²) in [6.07, 6.45) is 3.59. The molecule has 0 fully saturated rings. The number of H-pyrrole nitrogens is 1. The lowest BCUT2D eigenvalue weighted by Crippen LogP contribution is -2.18. The van der Waals surface area contributed by atoms with Crippen molar-refractivity contribution in [2.75, 3.05) is 4.72 Å². The highest BCUT2D eigenvalue weighted by atomic mass is 32.2. The van der Waals surface area contributed by atoms with Gasteiger partial charge in [-0.1, -0.05) is 0 Å². The highest BCUT2D eigenvalue weighted by molar-refractivity contribution is 7.92. The number of nitrogens with zero attached hydrogens (tertiary/aromatic N) is 3. The summed E-state index contributed by atoms with van der Waals surface area (Å²) in [5, 5.41) is 13.7. The summed E-state index contributed by atoms with van der Waals surface area (Å²) in [6.45, 7) is 0. The maximum absolute atomic E-state index is 11.9. The average Bonchev–Trinajstić information content (AvgIpc) is 2.79. The van der Waals surface area contributed by atoms with E-state index >= 15 is 0 Å². The first-order valence-electron chi connectivity index (χ1n) is 4.57. The normalized spacial score (nSPS) is 11.1. The van der Waals surface area contributed by atoms with Gasteiger partial charge in [0, 0.05) is 12.4 Å². The van der Waals surface area contributed by atoms with E-state index in [1.54, 1.807) is 0 Å². The maximum atomic E-state index is 11.9. The van der Waals surface area contributed by atoms with Gasteiger partial charge in [0.25, 0.3) is 10.0 Å². The Balaban J connectivity index is 2.37. The van der Waals surface area contributed by atoms with E-state index in [4.69, 9.17) is 5.11 Å². The summed E-state index contributed by atoms with van der Waals surface area (Å²) in [5.74, 6) is -1.57. The molecule has 0 aliphatic heterocycles. The number of hydrogen-bond acceptors (Lipinski definition) is 6. The van der Waals surface area contributed by atoms with Crippen LogP contribution in [0.2, 0.25) is 0 Å². The summed E-state index contributed by atoms with van der Waals surface area (Å²) >= 11 is 0. The van der Waals surface area contributed by atoms with Crippen molar-refractivity contribution in [3.63, 3.8) is 0 Å². The van der Waals surface area contributed by atoms with Crippen molar-refractivity contribution in [2.45, 2.75) is 5.03 Å². The van der Waals surface area contributed by atoms with Crippen LogP contribution >= 0.6 is 0 Å². The summed E-state index contributed by atoms with van der Waals surface area (Å²) in [4.78, 5) is 18.1. The lowest BCUT2D eigenvalue weighted by atomic mass is 10.4. The molecular weight excluding hydrogens is 262 g/mol. The molecule has 10 heteroatoms. The number of rotatable bonds is 4. The summed E-state index contributed by atoms with van der Waals surface area (Å²) in [5.41, 5.74) is -0.460. The second-order valence-corrected chi connectivity index (χ2v) is 4.72. The Labute approximate surface area is 101 Å². The Morgan fingerprint density at radius 2 is 2.00 bits per heavy atom. The number of carboxylic acids is 1. The fourth-order valence-corrected chi connectivity index (χ4v) is 2.20. The van der Waals surface area contributed by atoms with Gasteiger partial charge in [-0.15, -0.1) is 0 Å². The molecule has 0 aliphatic rings.